The summed E-state index contributed by atoms with van der Waals surface area (Å²) in [7, 11) is 0. The van der Waals surface area contributed by atoms with Crippen LogP contribution in [0.4, 0.5) is 0 Å². The molecule has 0 bridgehead atoms. The van der Waals surface area contributed by atoms with Gasteiger partial charge in [0.15, 0.2) is 0 Å². The summed E-state index contributed by atoms with van der Waals surface area (Å²) in [5.74, 6) is 0.444. The molecule has 2 N–H and O–H groups in total. The van der Waals surface area contributed by atoms with E-state index in [2.05, 4.69) is 18.8 Å². The monoisotopic (exact) mass is 164 g/mol. The molecule has 1 heterocycles. The van der Waals surface area contributed by atoms with Crippen LogP contribution in [0.1, 0.15) is 31.3 Å². The number of aromatic nitrogens is 1. The van der Waals surface area contributed by atoms with Gasteiger partial charge >= 0.3 is 0 Å². The second-order valence-corrected chi connectivity index (χ2v) is 3.47. The van der Waals surface area contributed by atoms with Gasteiger partial charge in [0, 0.05) is 11.7 Å². The maximum Gasteiger partial charge on any atom is 0.0576 e. The largest absolute Gasteiger partial charge is 0.322 e. The third-order valence-corrected chi connectivity index (χ3v) is 1.97. The Kier molecular flexibility index (Phi) is 2.82. The number of nitrogens with zero attached hydrogens (tertiary/aromatic N) is 1. The lowest BCUT2D eigenvalue weighted by Crippen LogP contribution is -2.18. The van der Waals surface area contributed by atoms with Gasteiger partial charge in [0.05, 0.1) is 5.69 Å². The van der Waals surface area contributed by atoms with Crippen LogP contribution in [0.5, 0.6) is 0 Å². The zero-order chi connectivity index (χ0) is 9.14. The second kappa shape index (κ2) is 3.68. The van der Waals surface area contributed by atoms with E-state index in [0.29, 0.717) is 5.92 Å². The first kappa shape index (κ1) is 9.20. The third-order valence-electron chi connectivity index (χ3n) is 1.97. The van der Waals surface area contributed by atoms with E-state index >= 15 is 0 Å². The number of hydrogen-bond acceptors (Lipinski definition) is 2. The quantitative estimate of drug-likeness (QED) is 0.726. The summed E-state index contributed by atoms with van der Waals surface area (Å²) < 4.78 is 0. The molecule has 0 fully saturated rings. The van der Waals surface area contributed by atoms with Gasteiger partial charge in [-0.25, -0.2) is 0 Å². The molecule has 0 radical (unpaired) electrons. The lowest BCUT2D eigenvalue weighted by molar-refractivity contribution is 0.502. The molecular formula is C10H16N2. The third kappa shape index (κ3) is 2.05. The van der Waals surface area contributed by atoms with Crippen molar-refractivity contribution in [3.8, 4) is 0 Å². The Balaban J connectivity index is 2.88. The fraction of sp³-hybridized carbons (Fsp3) is 0.500. The second-order valence-electron chi connectivity index (χ2n) is 3.47. The van der Waals surface area contributed by atoms with Gasteiger partial charge in [0.1, 0.15) is 0 Å². The number of pyridine rings is 1. The van der Waals surface area contributed by atoms with Gasteiger partial charge in [-0.2, -0.15) is 0 Å². The molecule has 2 heteroatoms. The van der Waals surface area contributed by atoms with E-state index in [-0.39, 0.29) is 6.04 Å². The van der Waals surface area contributed by atoms with E-state index in [1.165, 1.54) is 0 Å². The smallest absolute Gasteiger partial charge is 0.0576 e. The van der Waals surface area contributed by atoms with Gasteiger partial charge in [-0.15, -0.1) is 0 Å². The number of rotatable bonds is 2. The minimum absolute atomic E-state index is 0.0601. The molecule has 2 nitrogen and oxygen atoms in total. The predicted octanol–water partition coefficient (Wildman–Crippen LogP) is 2.05. The molecule has 0 aromatic carbocycles. The van der Waals surface area contributed by atoms with E-state index in [0.717, 1.165) is 11.4 Å². The molecule has 1 aromatic heterocycles. The molecule has 1 unspecified atom stereocenters. The molecule has 0 saturated heterocycles. The Hall–Kier alpha value is -0.890. The van der Waals surface area contributed by atoms with E-state index in [1.807, 2.05) is 25.1 Å². The van der Waals surface area contributed by atoms with E-state index in [9.17, 15) is 0 Å². The van der Waals surface area contributed by atoms with Crippen LogP contribution in [0.15, 0.2) is 18.2 Å². The lowest BCUT2D eigenvalue weighted by Gasteiger charge is -2.14. The van der Waals surface area contributed by atoms with Crippen molar-refractivity contribution in [2.75, 3.05) is 0 Å². The highest BCUT2D eigenvalue weighted by Crippen LogP contribution is 2.16. The standard InChI is InChI=1S/C10H16N2/c1-7(2)10(11)9-6-4-5-8(3)12-9/h4-7,10H,11H2,1-3H3. The Morgan fingerprint density at radius 3 is 2.50 bits per heavy atom. The highest BCUT2D eigenvalue weighted by atomic mass is 14.8. The van der Waals surface area contributed by atoms with Crippen LogP contribution in [-0.2, 0) is 0 Å². The Bertz CT molecular complexity index is 256. The topological polar surface area (TPSA) is 38.9 Å². The van der Waals surface area contributed by atoms with Crippen molar-refractivity contribution in [3.05, 3.63) is 29.6 Å². The van der Waals surface area contributed by atoms with Crippen LogP contribution in [0.2, 0.25) is 0 Å². The predicted molar refractivity (Wildman–Crippen MR) is 50.7 cm³/mol. The zero-order valence-electron chi connectivity index (χ0n) is 7.91. The van der Waals surface area contributed by atoms with Crippen molar-refractivity contribution < 1.29 is 0 Å². The molecular weight excluding hydrogens is 148 g/mol. The molecule has 1 atom stereocenters. The Morgan fingerprint density at radius 2 is 2.00 bits per heavy atom. The van der Waals surface area contributed by atoms with Crippen molar-refractivity contribution >= 4 is 0 Å². The SMILES string of the molecule is Cc1cccc(C(N)C(C)C)n1. The molecule has 1 rings (SSSR count). The summed E-state index contributed by atoms with van der Waals surface area (Å²) in [4.78, 5) is 4.37. The fourth-order valence-electron chi connectivity index (χ4n) is 1.09. The summed E-state index contributed by atoms with van der Waals surface area (Å²) >= 11 is 0. The first-order valence-corrected chi connectivity index (χ1v) is 4.30. The van der Waals surface area contributed by atoms with Gasteiger partial charge in [0.2, 0.25) is 0 Å². The van der Waals surface area contributed by atoms with Crippen LogP contribution in [0.3, 0.4) is 0 Å². The average Bonchev–Trinajstić information content (AvgIpc) is 2.03. The molecule has 0 aliphatic rings. The summed E-state index contributed by atoms with van der Waals surface area (Å²) in [5, 5.41) is 0. The summed E-state index contributed by atoms with van der Waals surface area (Å²) in [5.41, 5.74) is 7.97. The molecule has 1 aromatic rings. The van der Waals surface area contributed by atoms with E-state index in [4.69, 9.17) is 5.73 Å². The van der Waals surface area contributed by atoms with Gasteiger partial charge < -0.3 is 5.73 Å². The molecule has 0 spiro atoms. The van der Waals surface area contributed by atoms with E-state index < -0.39 is 0 Å². The first-order chi connectivity index (χ1) is 5.61. The van der Waals surface area contributed by atoms with Crippen molar-refractivity contribution in [1.29, 1.82) is 0 Å². The van der Waals surface area contributed by atoms with Gasteiger partial charge in [0.25, 0.3) is 0 Å². The molecule has 66 valence electrons. The average molecular weight is 164 g/mol. The van der Waals surface area contributed by atoms with Gasteiger partial charge in [-0.05, 0) is 25.0 Å². The zero-order valence-corrected chi connectivity index (χ0v) is 7.91. The Morgan fingerprint density at radius 1 is 1.33 bits per heavy atom. The minimum atomic E-state index is 0.0601. The molecule has 0 amide bonds. The minimum Gasteiger partial charge on any atom is -0.322 e. The van der Waals surface area contributed by atoms with Crippen LogP contribution in [0, 0.1) is 12.8 Å². The van der Waals surface area contributed by atoms with Crippen LogP contribution >= 0.6 is 0 Å². The lowest BCUT2D eigenvalue weighted by atomic mass is 10.0. The number of hydrogen-bond donors (Lipinski definition) is 1. The molecule has 0 aliphatic heterocycles. The van der Waals surface area contributed by atoms with Crippen LogP contribution in [-0.4, -0.2) is 4.98 Å². The normalized spacial score (nSPS) is 13.4. The van der Waals surface area contributed by atoms with Crippen molar-refractivity contribution in [2.24, 2.45) is 11.7 Å². The van der Waals surface area contributed by atoms with Crippen LogP contribution < -0.4 is 5.73 Å². The van der Waals surface area contributed by atoms with Crippen LogP contribution in [0.25, 0.3) is 0 Å². The molecule has 12 heavy (non-hydrogen) atoms. The maximum atomic E-state index is 5.94. The fourth-order valence-corrected chi connectivity index (χ4v) is 1.09. The van der Waals surface area contributed by atoms with Crippen molar-refractivity contribution in [1.82, 2.24) is 4.98 Å². The van der Waals surface area contributed by atoms with Gasteiger partial charge in [-0.1, -0.05) is 19.9 Å². The van der Waals surface area contributed by atoms with Crippen molar-refractivity contribution in [3.63, 3.8) is 0 Å². The van der Waals surface area contributed by atoms with Crippen molar-refractivity contribution in [2.45, 2.75) is 26.8 Å². The highest BCUT2D eigenvalue weighted by molar-refractivity contribution is 5.13. The molecule has 0 aliphatic carbocycles. The summed E-state index contributed by atoms with van der Waals surface area (Å²) in [6, 6.07) is 6.03. The first-order valence-electron chi connectivity index (χ1n) is 4.30. The number of aryl methyl sites for hydroxylation is 1. The summed E-state index contributed by atoms with van der Waals surface area (Å²) in [6.45, 7) is 6.19. The van der Waals surface area contributed by atoms with E-state index in [1.54, 1.807) is 0 Å². The summed E-state index contributed by atoms with van der Waals surface area (Å²) in [6.07, 6.45) is 0. The highest BCUT2D eigenvalue weighted by Gasteiger charge is 2.10. The van der Waals surface area contributed by atoms with Gasteiger partial charge in [-0.3, -0.25) is 4.98 Å². The Labute approximate surface area is 73.8 Å². The number of nitrogens with two attached hydrogens (primary N) is 1. The maximum absolute atomic E-state index is 5.94. The molecule has 0 saturated carbocycles.